The lowest BCUT2D eigenvalue weighted by Gasteiger charge is -2.25. The molecule has 22 heavy (non-hydrogen) atoms. The van der Waals surface area contributed by atoms with Crippen LogP contribution in [0.3, 0.4) is 0 Å². The molecular formula is C18H28N2O2. The van der Waals surface area contributed by atoms with E-state index in [1.165, 1.54) is 11.1 Å². The Labute approximate surface area is 134 Å². The van der Waals surface area contributed by atoms with Gasteiger partial charge in [-0.25, -0.2) is 4.79 Å². The van der Waals surface area contributed by atoms with Gasteiger partial charge in [-0.2, -0.15) is 0 Å². The number of ether oxygens (including phenoxy) is 1. The van der Waals surface area contributed by atoms with Gasteiger partial charge in [-0.1, -0.05) is 29.8 Å². The zero-order chi connectivity index (χ0) is 16.5. The molecule has 0 radical (unpaired) electrons. The number of benzene rings is 1. The second-order valence-corrected chi connectivity index (χ2v) is 7.43. The number of hydrogen-bond donors (Lipinski definition) is 0. The molecule has 4 heteroatoms. The van der Waals surface area contributed by atoms with Crippen molar-refractivity contribution in [2.45, 2.75) is 45.3 Å². The van der Waals surface area contributed by atoms with Crippen LogP contribution in [-0.2, 0) is 4.74 Å². The van der Waals surface area contributed by atoms with Gasteiger partial charge in [-0.05, 0) is 47.4 Å². The van der Waals surface area contributed by atoms with Gasteiger partial charge in [0.15, 0.2) is 0 Å². The second kappa shape index (κ2) is 6.29. The van der Waals surface area contributed by atoms with E-state index in [4.69, 9.17) is 4.74 Å². The number of nitrogens with zero attached hydrogens (tertiary/aromatic N) is 2. The van der Waals surface area contributed by atoms with Crippen molar-refractivity contribution in [3.05, 3.63) is 35.4 Å². The topological polar surface area (TPSA) is 32.8 Å². The van der Waals surface area contributed by atoms with Gasteiger partial charge >= 0.3 is 6.09 Å². The van der Waals surface area contributed by atoms with E-state index in [1.54, 1.807) is 0 Å². The molecule has 2 atom stereocenters. The molecule has 1 aliphatic rings. The number of carbonyl (C=O) groups is 1. The standard InChI is InChI=1S/C18H28N2O2/c1-13-7-9-14(10-8-13)15-11-20(12-16(15)19(5)6)17(21)22-18(2,3)4/h7-10,15-16H,11-12H2,1-6H3. The van der Waals surface area contributed by atoms with E-state index in [2.05, 4.69) is 50.2 Å². The molecule has 2 rings (SSSR count). The first kappa shape index (κ1) is 16.8. The maximum atomic E-state index is 12.3. The van der Waals surface area contributed by atoms with Crippen LogP contribution in [0.25, 0.3) is 0 Å². The second-order valence-electron chi connectivity index (χ2n) is 7.43. The maximum Gasteiger partial charge on any atom is 0.410 e. The summed E-state index contributed by atoms with van der Waals surface area (Å²) < 4.78 is 5.52. The summed E-state index contributed by atoms with van der Waals surface area (Å²) in [6, 6.07) is 8.94. The summed E-state index contributed by atoms with van der Waals surface area (Å²) in [6.07, 6.45) is -0.214. The van der Waals surface area contributed by atoms with Gasteiger partial charge in [-0.3, -0.25) is 0 Å². The van der Waals surface area contributed by atoms with Crippen LogP contribution >= 0.6 is 0 Å². The third-order valence-electron chi connectivity index (χ3n) is 4.11. The molecule has 1 aromatic carbocycles. The van der Waals surface area contributed by atoms with Crippen LogP contribution in [0, 0.1) is 6.92 Å². The Morgan fingerprint density at radius 3 is 2.27 bits per heavy atom. The SMILES string of the molecule is Cc1ccc(C2CN(C(=O)OC(C)(C)C)CC2N(C)C)cc1. The zero-order valence-corrected chi connectivity index (χ0v) is 14.6. The van der Waals surface area contributed by atoms with Crippen LogP contribution in [0.15, 0.2) is 24.3 Å². The normalized spacial score (nSPS) is 22.2. The molecule has 4 nitrogen and oxygen atoms in total. The van der Waals surface area contributed by atoms with E-state index in [9.17, 15) is 4.79 Å². The van der Waals surface area contributed by atoms with E-state index < -0.39 is 5.60 Å². The van der Waals surface area contributed by atoms with Gasteiger partial charge in [0.1, 0.15) is 5.60 Å². The summed E-state index contributed by atoms with van der Waals surface area (Å²) in [4.78, 5) is 16.4. The predicted octanol–water partition coefficient (Wildman–Crippen LogP) is 3.26. The summed E-state index contributed by atoms with van der Waals surface area (Å²) in [6.45, 7) is 9.22. The molecule has 122 valence electrons. The van der Waals surface area contributed by atoms with E-state index in [0.29, 0.717) is 25.0 Å². The fraction of sp³-hybridized carbons (Fsp3) is 0.611. The van der Waals surface area contributed by atoms with Crippen molar-refractivity contribution in [1.82, 2.24) is 9.80 Å². The Morgan fingerprint density at radius 2 is 1.77 bits per heavy atom. The van der Waals surface area contributed by atoms with Crippen LogP contribution in [-0.4, -0.2) is 54.7 Å². The maximum absolute atomic E-state index is 12.3. The molecule has 1 fully saturated rings. The van der Waals surface area contributed by atoms with Crippen LogP contribution in [0.4, 0.5) is 4.79 Å². The fourth-order valence-corrected chi connectivity index (χ4v) is 2.93. The van der Waals surface area contributed by atoms with Gasteiger partial charge in [-0.15, -0.1) is 0 Å². The number of likely N-dealkylation sites (tertiary alicyclic amines) is 1. The molecule has 0 bridgehead atoms. The van der Waals surface area contributed by atoms with Crippen LogP contribution in [0.2, 0.25) is 0 Å². The molecule has 1 aromatic rings. The zero-order valence-electron chi connectivity index (χ0n) is 14.6. The van der Waals surface area contributed by atoms with E-state index in [0.717, 1.165) is 0 Å². The molecule has 0 saturated carbocycles. The minimum Gasteiger partial charge on any atom is -0.444 e. The number of aryl methyl sites for hydroxylation is 1. The smallest absolute Gasteiger partial charge is 0.410 e. The molecule has 1 amide bonds. The molecule has 0 spiro atoms. The average molecular weight is 304 g/mol. The first-order chi connectivity index (χ1) is 10.2. The monoisotopic (exact) mass is 304 g/mol. The highest BCUT2D eigenvalue weighted by atomic mass is 16.6. The summed E-state index contributed by atoms with van der Waals surface area (Å²) in [5.41, 5.74) is 2.09. The molecule has 1 heterocycles. The van der Waals surface area contributed by atoms with Crippen LogP contribution in [0.1, 0.15) is 37.8 Å². The highest BCUT2D eigenvalue weighted by molar-refractivity contribution is 5.69. The van der Waals surface area contributed by atoms with Crippen molar-refractivity contribution in [2.75, 3.05) is 27.2 Å². The van der Waals surface area contributed by atoms with Crippen LogP contribution < -0.4 is 0 Å². The minimum atomic E-state index is -0.452. The molecule has 1 aliphatic heterocycles. The number of likely N-dealkylation sites (N-methyl/N-ethyl adjacent to an activating group) is 1. The number of carbonyl (C=O) groups excluding carboxylic acids is 1. The summed E-state index contributed by atoms with van der Waals surface area (Å²) in [5, 5.41) is 0. The average Bonchev–Trinajstić information content (AvgIpc) is 2.83. The van der Waals surface area contributed by atoms with E-state index in [-0.39, 0.29) is 6.09 Å². The summed E-state index contributed by atoms with van der Waals surface area (Å²) >= 11 is 0. The molecule has 1 saturated heterocycles. The Morgan fingerprint density at radius 1 is 1.18 bits per heavy atom. The first-order valence-electron chi connectivity index (χ1n) is 7.88. The molecule has 2 unspecified atom stereocenters. The van der Waals surface area contributed by atoms with Crippen molar-refractivity contribution < 1.29 is 9.53 Å². The van der Waals surface area contributed by atoms with E-state index in [1.807, 2.05) is 25.7 Å². The molecular weight excluding hydrogens is 276 g/mol. The van der Waals surface area contributed by atoms with Crippen molar-refractivity contribution in [1.29, 1.82) is 0 Å². The Hall–Kier alpha value is -1.55. The number of hydrogen-bond acceptors (Lipinski definition) is 3. The summed E-state index contributed by atoms with van der Waals surface area (Å²) in [7, 11) is 4.15. The van der Waals surface area contributed by atoms with Gasteiger partial charge in [0.05, 0.1) is 0 Å². The Kier molecular flexibility index (Phi) is 4.81. The predicted molar refractivity (Wildman–Crippen MR) is 89.2 cm³/mol. The van der Waals surface area contributed by atoms with Crippen molar-refractivity contribution in [3.8, 4) is 0 Å². The fourth-order valence-electron chi connectivity index (χ4n) is 2.93. The highest BCUT2D eigenvalue weighted by Crippen LogP contribution is 2.31. The molecule has 0 aromatic heterocycles. The molecule has 0 N–H and O–H groups in total. The summed E-state index contributed by atoms with van der Waals surface area (Å²) in [5.74, 6) is 0.322. The third kappa shape index (κ3) is 4.01. The van der Waals surface area contributed by atoms with E-state index >= 15 is 0 Å². The Balaban J connectivity index is 2.16. The van der Waals surface area contributed by atoms with Crippen molar-refractivity contribution in [3.63, 3.8) is 0 Å². The lowest BCUT2D eigenvalue weighted by molar-refractivity contribution is 0.0283. The van der Waals surface area contributed by atoms with Crippen LogP contribution in [0.5, 0.6) is 0 Å². The lowest BCUT2D eigenvalue weighted by Crippen LogP contribution is -2.38. The Bertz CT molecular complexity index is 517. The quantitative estimate of drug-likeness (QED) is 0.841. The lowest BCUT2D eigenvalue weighted by atomic mass is 9.93. The number of amides is 1. The van der Waals surface area contributed by atoms with Gasteiger partial charge in [0, 0.05) is 25.0 Å². The first-order valence-corrected chi connectivity index (χ1v) is 7.88. The highest BCUT2D eigenvalue weighted by Gasteiger charge is 2.38. The number of rotatable bonds is 2. The molecule has 0 aliphatic carbocycles. The largest absolute Gasteiger partial charge is 0.444 e. The van der Waals surface area contributed by atoms with Gasteiger partial charge in [0.25, 0.3) is 0 Å². The minimum absolute atomic E-state index is 0.214. The van der Waals surface area contributed by atoms with Gasteiger partial charge in [0.2, 0.25) is 0 Å². The van der Waals surface area contributed by atoms with Crippen molar-refractivity contribution >= 4 is 6.09 Å². The third-order valence-corrected chi connectivity index (χ3v) is 4.11. The van der Waals surface area contributed by atoms with Gasteiger partial charge < -0.3 is 14.5 Å². The van der Waals surface area contributed by atoms with Crippen molar-refractivity contribution in [2.24, 2.45) is 0 Å².